The number of rotatable bonds is 13. The lowest BCUT2D eigenvalue weighted by atomic mass is 10.0. The molecule has 1 aliphatic rings. The minimum absolute atomic E-state index is 0.0619. The lowest BCUT2D eigenvalue weighted by molar-refractivity contribution is -0.142. The van der Waals surface area contributed by atoms with Gasteiger partial charge in [0.2, 0.25) is 17.7 Å². The summed E-state index contributed by atoms with van der Waals surface area (Å²) in [5, 5.41) is 29.3. The van der Waals surface area contributed by atoms with Crippen LogP contribution in [-0.2, 0) is 30.4 Å². The molecule has 11 nitrogen and oxygen atoms in total. The number of amides is 3. The van der Waals surface area contributed by atoms with Gasteiger partial charge in [-0.25, -0.2) is 4.79 Å². The smallest absolute Gasteiger partial charge is 0.326 e. The largest absolute Gasteiger partial charge is 0.481 e. The first-order valence-electron chi connectivity index (χ1n) is 11.7. The summed E-state index contributed by atoms with van der Waals surface area (Å²) in [4.78, 5) is 61.3. The molecule has 2 rings (SSSR count). The van der Waals surface area contributed by atoms with Gasteiger partial charge in [0.25, 0.3) is 0 Å². The third kappa shape index (κ3) is 9.01. The topological polar surface area (TPSA) is 174 Å². The van der Waals surface area contributed by atoms with Gasteiger partial charge >= 0.3 is 11.9 Å². The van der Waals surface area contributed by atoms with Crippen LogP contribution in [0.5, 0.6) is 0 Å². The maximum Gasteiger partial charge on any atom is 0.326 e. The summed E-state index contributed by atoms with van der Waals surface area (Å²) in [5.74, 6) is -4.55. The third-order valence-electron chi connectivity index (χ3n) is 5.80. The van der Waals surface area contributed by atoms with Crippen molar-refractivity contribution in [2.75, 3.05) is 6.54 Å². The fourth-order valence-electron chi connectivity index (χ4n) is 3.82. The highest BCUT2D eigenvalue weighted by molar-refractivity contribution is 5.94. The average molecular weight is 491 g/mol. The second kappa shape index (κ2) is 13.4. The molecule has 0 saturated carbocycles. The zero-order chi connectivity index (χ0) is 26.0. The summed E-state index contributed by atoms with van der Waals surface area (Å²) in [6, 6.07) is 4.90. The van der Waals surface area contributed by atoms with Crippen LogP contribution in [0.15, 0.2) is 30.3 Å². The first-order chi connectivity index (χ1) is 16.6. The minimum Gasteiger partial charge on any atom is -0.481 e. The Hall–Kier alpha value is -3.47. The Labute approximate surface area is 204 Å². The molecule has 0 spiro atoms. The predicted molar refractivity (Wildman–Crippen MR) is 126 cm³/mol. The molecule has 11 heteroatoms. The summed E-state index contributed by atoms with van der Waals surface area (Å²) < 4.78 is 0. The van der Waals surface area contributed by atoms with Crippen LogP contribution < -0.4 is 21.3 Å². The van der Waals surface area contributed by atoms with Crippen LogP contribution in [0.4, 0.5) is 0 Å². The zero-order valence-electron chi connectivity index (χ0n) is 20.0. The number of carbonyl (C=O) groups is 5. The summed E-state index contributed by atoms with van der Waals surface area (Å²) >= 11 is 0. The van der Waals surface area contributed by atoms with Crippen LogP contribution in [0.3, 0.4) is 0 Å². The molecule has 1 heterocycles. The molecule has 4 unspecified atom stereocenters. The molecule has 0 bridgehead atoms. The zero-order valence-corrected chi connectivity index (χ0v) is 20.0. The fraction of sp³-hybridized carbons (Fsp3) is 0.542. The van der Waals surface area contributed by atoms with Crippen molar-refractivity contribution < 1.29 is 34.2 Å². The first kappa shape index (κ1) is 27.8. The van der Waals surface area contributed by atoms with E-state index in [0.29, 0.717) is 13.0 Å². The van der Waals surface area contributed by atoms with Crippen molar-refractivity contribution in [2.24, 2.45) is 5.92 Å². The second-order valence-corrected chi connectivity index (χ2v) is 8.96. The van der Waals surface area contributed by atoms with Gasteiger partial charge in [-0.2, -0.15) is 0 Å². The molecule has 3 amide bonds. The van der Waals surface area contributed by atoms with Crippen LogP contribution >= 0.6 is 0 Å². The second-order valence-electron chi connectivity index (χ2n) is 8.96. The van der Waals surface area contributed by atoms with Crippen molar-refractivity contribution in [1.82, 2.24) is 21.3 Å². The molecule has 0 radical (unpaired) electrons. The molecular formula is C24H34N4O7. The Balaban J connectivity index is 2.09. The number of hydrogen-bond acceptors (Lipinski definition) is 6. The van der Waals surface area contributed by atoms with E-state index in [9.17, 15) is 29.1 Å². The van der Waals surface area contributed by atoms with Gasteiger partial charge in [-0.1, -0.05) is 44.2 Å². The first-order valence-corrected chi connectivity index (χ1v) is 11.7. The molecule has 192 valence electrons. The molecule has 4 atom stereocenters. The lowest BCUT2D eigenvalue weighted by Gasteiger charge is -2.27. The van der Waals surface area contributed by atoms with Crippen molar-refractivity contribution in [2.45, 2.75) is 70.1 Å². The van der Waals surface area contributed by atoms with E-state index in [1.165, 1.54) is 0 Å². The van der Waals surface area contributed by atoms with E-state index >= 15 is 0 Å². The van der Waals surface area contributed by atoms with Gasteiger partial charge in [0.15, 0.2) is 0 Å². The monoisotopic (exact) mass is 490 g/mol. The molecule has 1 aromatic rings. The number of carbonyl (C=O) groups excluding carboxylic acids is 3. The Morgan fingerprint density at radius 3 is 2.20 bits per heavy atom. The summed E-state index contributed by atoms with van der Waals surface area (Å²) in [7, 11) is 0. The average Bonchev–Trinajstić information content (AvgIpc) is 3.34. The Bertz CT molecular complexity index is 900. The molecule has 0 aromatic heterocycles. The summed E-state index contributed by atoms with van der Waals surface area (Å²) in [6.45, 7) is 4.04. The lowest BCUT2D eigenvalue weighted by Crippen LogP contribution is -2.58. The van der Waals surface area contributed by atoms with E-state index in [-0.39, 0.29) is 19.3 Å². The van der Waals surface area contributed by atoms with Crippen molar-refractivity contribution in [3.8, 4) is 0 Å². The summed E-state index contributed by atoms with van der Waals surface area (Å²) in [5.41, 5.74) is 0.724. The van der Waals surface area contributed by atoms with E-state index in [2.05, 4.69) is 21.3 Å². The van der Waals surface area contributed by atoms with Gasteiger partial charge in [-0.3, -0.25) is 19.2 Å². The maximum atomic E-state index is 13.0. The van der Waals surface area contributed by atoms with Gasteiger partial charge in [0.05, 0.1) is 6.04 Å². The molecule has 1 aliphatic heterocycles. The van der Waals surface area contributed by atoms with Crippen LogP contribution in [-0.4, -0.2) is 70.6 Å². The molecule has 6 N–H and O–H groups in total. The van der Waals surface area contributed by atoms with Crippen LogP contribution in [0.1, 0.15) is 45.1 Å². The maximum absolute atomic E-state index is 13.0. The van der Waals surface area contributed by atoms with Gasteiger partial charge in [-0.15, -0.1) is 0 Å². The van der Waals surface area contributed by atoms with E-state index < -0.39 is 59.7 Å². The highest BCUT2D eigenvalue weighted by atomic mass is 16.4. The Morgan fingerprint density at radius 1 is 0.971 bits per heavy atom. The SMILES string of the molecule is CC(C)C(NC(=O)C(CCC(=O)O)NC(=O)C1CCCN1)C(=O)NC(Cc1ccccc1)C(=O)O. The number of aliphatic carboxylic acids is 2. The van der Waals surface area contributed by atoms with Gasteiger partial charge in [-0.05, 0) is 37.3 Å². The highest BCUT2D eigenvalue weighted by Gasteiger charge is 2.33. The quantitative estimate of drug-likeness (QED) is 0.225. The standard InChI is InChI=1S/C24H34N4O7/c1-14(2)20(23(33)27-18(24(34)35)13-15-7-4-3-5-8-15)28-22(32)17(10-11-19(29)30)26-21(31)16-9-6-12-25-16/h3-5,7-8,14,16-18,20,25H,6,9-13H2,1-2H3,(H,26,31)(H,27,33)(H,28,32)(H,29,30)(H,34,35). The van der Waals surface area contributed by atoms with Gasteiger partial charge < -0.3 is 31.5 Å². The molecular weight excluding hydrogens is 456 g/mol. The van der Waals surface area contributed by atoms with Gasteiger partial charge in [0.1, 0.15) is 18.1 Å². The molecule has 35 heavy (non-hydrogen) atoms. The number of carboxylic acid groups (broad SMARTS) is 2. The number of benzene rings is 1. The van der Waals surface area contributed by atoms with Crippen molar-refractivity contribution >= 4 is 29.7 Å². The number of hydrogen-bond donors (Lipinski definition) is 6. The van der Waals surface area contributed by atoms with E-state index in [1.807, 2.05) is 0 Å². The fourth-order valence-corrected chi connectivity index (χ4v) is 3.82. The predicted octanol–water partition coefficient (Wildman–Crippen LogP) is 0.0409. The van der Waals surface area contributed by atoms with Crippen LogP contribution in [0.25, 0.3) is 0 Å². The number of nitrogens with one attached hydrogen (secondary N) is 4. The van der Waals surface area contributed by atoms with E-state index in [4.69, 9.17) is 5.11 Å². The van der Waals surface area contributed by atoms with E-state index in [0.717, 1.165) is 12.0 Å². The molecule has 1 saturated heterocycles. The minimum atomic E-state index is -1.22. The van der Waals surface area contributed by atoms with E-state index in [1.54, 1.807) is 44.2 Å². The van der Waals surface area contributed by atoms with Crippen molar-refractivity contribution in [3.63, 3.8) is 0 Å². The van der Waals surface area contributed by atoms with Crippen LogP contribution in [0.2, 0.25) is 0 Å². The molecule has 0 aliphatic carbocycles. The highest BCUT2D eigenvalue weighted by Crippen LogP contribution is 2.10. The summed E-state index contributed by atoms with van der Waals surface area (Å²) in [6.07, 6.45) is 0.971. The van der Waals surface area contributed by atoms with Crippen molar-refractivity contribution in [3.05, 3.63) is 35.9 Å². The van der Waals surface area contributed by atoms with Gasteiger partial charge in [0, 0.05) is 12.8 Å². The third-order valence-corrected chi connectivity index (χ3v) is 5.80. The van der Waals surface area contributed by atoms with Crippen LogP contribution in [0, 0.1) is 5.92 Å². The molecule has 1 aromatic carbocycles. The molecule has 1 fully saturated rings. The normalized spacial score (nSPS) is 17.7. The Morgan fingerprint density at radius 2 is 1.66 bits per heavy atom. The number of carboxylic acids is 2. The Kier molecular flexibility index (Phi) is 10.7. The van der Waals surface area contributed by atoms with Crippen molar-refractivity contribution in [1.29, 1.82) is 0 Å².